The Bertz CT molecular complexity index is 786. The third-order valence-electron chi connectivity index (χ3n) is 8.15. The van der Waals surface area contributed by atoms with E-state index in [1.54, 1.807) is 0 Å². The fourth-order valence-corrected chi connectivity index (χ4v) is 5.52. The lowest BCUT2D eigenvalue weighted by molar-refractivity contribution is 0.298. The van der Waals surface area contributed by atoms with Crippen molar-refractivity contribution < 1.29 is 9.47 Å². The molecular weight excluding hydrogens is 464 g/mol. The van der Waals surface area contributed by atoms with Gasteiger partial charge in [-0.1, -0.05) is 154 Å². The number of fused-ring (bicyclic) bond motifs is 1. The molecule has 38 heavy (non-hydrogen) atoms. The van der Waals surface area contributed by atoms with Crippen LogP contribution < -0.4 is 9.47 Å². The van der Waals surface area contributed by atoms with Gasteiger partial charge in [-0.2, -0.15) is 0 Å². The summed E-state index contributed by atoms with van der Waals surface area (Å²) in [5.74, 6) is 2.11. The Morgan fingerprint density at radius 1 is 0.421 bits per heavy atom. The summed E-state index contributed by atoms with van der Waals surface area (Å²) >= 11 is 0. The predicted molar refractivity (Wildman–Crippen MR) is 168 cm³/mol. The first kappa shape index (κ1) is 32.5. The third kappa shape index (κ3) is 12.4. The second kappa shape index (κ2) is 21.2. The Labute approximate surface area is 236 Å². The number of ether oxygens (including phenoxy) is 2. The smallest absolute Gasteiger partial charge is 0.130 e. The highest BCUT2D eigenvalue weighted by atomic mass is 16.5. The Morgan fingerprint density at radius 3 is 1.03 bits per heavy atom. The quantitative estimate of drug-likeness (QED) is 0.127. The average molecular weight is 525 g/mol. The van der Waals surface area contributed by atoms with Gasteiger partial charge in [0, 0.05) is 10.8 Å². The molecule has 0 amide bonds. The maximum absolute atomic E-state index is 6.41. The molecule has 0 aliphatic carbocycles. The molecular formula is C36H60O2. The predicted octanol–water partition coefficient (Wildman–Crippen LogP) is 12.1. The largest absolute Gasteiger partial charge is 0.493 e. The molecule has 2 nitrogen and oxygen atoms in total. The first-order valence-corrected chi connectivity index (χ1v) is 16.5. The molecule has 216 valence electrons. The fraction of sp³-hybridized carbons (Fsp3) is 0.722. The summed E-state index contributed by atoms with van der Waals surface area (Å²) in [6, 6.07) is 8.64. The zero-order valence-electron chi connectivity index (χ0n) is 25.7. The normalized spacial score (nSPS) is 11.4. The number of hydrogen-bond acceptors (Lipinski definition) is 2. The first-order valence-electron chi connectivity index (χ1n) is 16.5. The molecule has 0 spiro atoms. The van der Waals surface area contributed by atoms with Crippen LogP contribution in [0, 0.1) is 13.8 Å². The zero-order chi connectivity index (χ0) is 27.3. The van der Waals surface area contributed by atoms with Crippen LogP contribution >= 0.6 is 0 Å². The Kier molecular flexibility index (Phi) is 18.1. The highest BCUT2D eigenvalue weighted by Crippen LogP contribution is 2.40. The molecule has 0 fully saturated rings. The highest BCUT2D eigenvalue weighted by molar-refractivity contribution is 5.95. The summed E-state index contributed by atoms with van der Waals surface area (Å²) < 4.78 is 12.8. The lowest BCUT2D eigenvalue weighted by Gasteiger charge is -2.19. The minimum Gasteiger partial charge on any atom is -0.493 e. The molecule has 0 heterocycles. The van der Waals surface area contributed by atoms with Crippen LogP contribution in [0.4, 0.5) is 0 Å². The summed E-state index contributed by atoms with van der Waals surface area (Å²) in [6.07, 6.45) is 27.0. The minimum atomic E-state index is 0.805. The van der Waals surface area contributed by atoms with E-state index in [4.69, 9.17) is 9.47 Å². The molecule has 2 aromatic carbocycles. The third-order valence-corrected chi connectivity index (χ3v) is 8.15. The standard InChI is InChI=1S/C36H60O2/c1-5-7-9-11-13-15-17-19-21-25-29-37-35-31(3)32(4)36(34-28-24-23-27-33(34)35)38-30-26-22-20-18-16-14-12-10-8-6-2/h23-24,27-28H,5-22,25-26,29-30H2,1-4H3. The number of hydrogen-bond donors (Lipinski definition) is 0. The van der Waals surface area contributed by atoms with Crippen LogP contribution in [0.3, 0.4) is 0 Å². The van der Waals surface area contributed by atoms with Crippen molar-refractivity contribution in [3.05, 3.63) is 35.4 Å². The van der Waals surface area contributed by atoms with E-state index in [2.05, 4.69) is 52.0 Å². The number of benzene rings is 2. The van der Waals surface area contributed by atoms with E-state index in [0.717, 1.165) is 37.6 Å². The van der Waals surface area contributed by atoms with Crippen molar-refractivity contribution in [2.45, 2.75) is 156 Å². The molecule has 2 rings (SSSR count). The number of unbranched alkanes of at least 4 members (excludes halogenated alkanes) is 18. The van der Waals surface area contributed by atoms with Crippen LogP contribution in [-0.4, -0.2) is 13.2 Å². The summed E-state index contributed by atoms with van der Waals surface area (Å²) in [5.41, 5.74) is 2.46. The minimum absolute atomic E-state index is 0.805. The molecule has 2 aromatic rings. The molecule has 0 saturated carbocycles. The summed E-state index contributed by atoms with van der Waals surface area (Å²) in [7, 11) is 0. The average Bonchev–Trinajstić information content (AvgIpc) is 2.93. The van der Waals surface area contributed by atoms with E-state index in [9.17, 15) is 0 Å². The first-order chi connectivity index (χ1) is 18.7. The van der Waals surface area contributed by atoms with Gasteiger partial charge in [0.25, 0.3) is 0 Å². The highest BCUT2D eigenvalue weighted by Gasteiger charge is 2.16. The summed E-state index contributed by atoms with van der Waals surface area (Å²) in [6.45, 7) is 10.6. The summed E-state index contributed by atoms with van der Waals surface area (Å²) in [4.78, 5) is 0. The van der Waals surface area contributed by atoms with Crippen LogP contribution in [0.25, 0.3) is 10.8 Å². The van der Waals surface area contributed by atoms with Crippen molar-refractivity contribution in [1.82, 2.24) is 0 Å². The van der Waals surface area contributed by atoms with Crippen LogP contribution in [0.1, 0.15) is 153 Å². The molecule has 0 unspecified atom stereocenters. The molecule has 0 saturated heterocycles. The van der Waals surface area contributed by atoms with E-state index in [1.165, 1.54) is 137 Å². The van der Waals surface area contributed by atoms with Crippen molar-refractivity contribution in [2.24, 2.45) is 0 Å². The van der Waals surface area contributed by atoms with Gasteiger partial charge in [0.05, 0.1) is 13.2 Å². The summed E-state index contributed by atoms with van der Waals surface area (Å²) in [5, 5.41) is 2.39. The van der Waals surface area contributed by atoms with E-state index in [0.29, 0.717) is 0 Å². The molecule has 0 N–H and O–H groups in total. The van der Waals surface area contributed by atoms with E-state index < -0.39 is 0 Å². The van der Waals surface area contributed by atoms with E-state index in [1.807, 2.05) is 0 Å². The van der Waals surface area contributed by atoms with Crippen molar-refractivity contribution in [3.63, 3.8) is 0 Å². The SMILES string of the molecule is CCCCCCCCCCCCOc1c(C)c(C)c(OCCCCCCCCCCCC)c2ccccc12. The monoisotopic (exact) mass is 524 g/mol. The van der Waals surface area contributed by atoms with E-state index in [-0.39, 0.29) is 0 Å². The maximum Gasteiger partial charge on any atom is 0.130 e. The van der Waals surface area contributed by atoms with E-state index >= 15 is 0 Å². The van der Waals surface area contributed by atoms with Crippen LogP contribution in [0.2, 0.25) is 0 Å². The van der Waals surface area contributed by atoms with Crippen LogP contribution in [-0.2, 0) is 0 Å². The van der Waals surface area contributed by atoms with Crippen molar-refractivity contribution >= 4 is 10.8 Å². The topological polar surface area (TPSA) is 18.5 Å². The van der Waals surface area contributed by atoms with Gasteiger partial charge in [-0.3, -0.25) is 0 Å². The Morgan fingerprint density at radius 2 is 0.711 bits per heavy atom. The molecule has 2 heteroatoms. The maximum atomic E-state index is 6.41. The molecule has 0 aliphatic rings. The number of rotatable bonds is 24. The lowest BCUT2D eigenvalue weighted by atomic mass is 9.99. The van der Waals surface area contributed by atoms with Gasteiger partial charge in [0.15, 0.2) is 0 Å². The van der Waals surface area contributed by atoms with Crippen molar-refractivity contribution in [3.8, 4) is 11.5 Å². The molecule has 0 bridgehead atoms. The van der Waals surface area contributed by atoms with Crippen molar-refractivity contribution in [1.29, 1.82) is 0 Å². The zero-order valence-corrected chi connectivity index (χ0v) is 25.7. The van der Waals surface area contributed by atoms with Gasteiger partial charge in [-0.15, -0.1) is 0 Å². The van der Waals surface area contributed by atoms with Crippen LogP contribution in [0.15, 0.2) is 24.3 Å². The van der Waals surface area contributed by atoms with Gasteiger partial charge in [0.2, 0.25) is 0 Å². The second-order valence-corrected chi connectivity index (χ2v) is 11.5. The van der Waals surface area contributed by atoms with Gasteiger partial charge in [-0.25, -0.2) is 0 Å². The Balaban J connectivity index is 1.73. The van der Waals surface area contributed by atoms with Gasteiger partial charge in [0.1, 0.15) is 11.5 Å². The fourth-order valence-electron chi connectivity index (χ4n) is 5.52. The Hall–Kier alpha value is -1.70. The molecule has 0 radical (unpaired) electrons. The van der Waals surface area contributed by atoms with Gasteiger partial charge < -0.3 is 9.47 Å². The molecule has 0 atom stereocenters. The van der Waals surface area contributed by atoms with Gasteiger partial charge >= 0.3 is 0 Å². The van der Waals surface area contributed by atoms with Crippen molar-refractivity contribution in [2.75, 3.05) is 13.2 Å². The van der Waals surface area contributed by atoms with Crippen LogP contribution in [0.5, 0.6) is 11.5 Å². The molecule has 0 aromatic heterocycles. The molecule has 0 aliphatic heterocycles. The van der Waals surface area contributed by atoms with Gasteiger partial charge in [-0.05, 0) is 37.8 Å². The lowest BCUT2D eigenvalue weighted by Crippen LogP contribution is -2.05. The second-order valence-electron chi connectivity index (χ2n) is 11.5.